The van der Waals surface area contributed by atoms with Crippen LogP contribution in [0.2, 0.25) is 0 Å². The zero-order chi connectivity index (χ0) is 18.9. The molecule has 5 rings (SSSR count). The molecule has 0 saturated carbocycles. The third-order valence-electron chi connectivity index (χ3n) is 7.08. The molecule has 2 aromatic rings. The molecule has 0 bridgehead atoms. The smallest absolute Gasteiger partial charge is 0.222 e. The van der Waals surface area contributed by atoms with Crippen LogP contribution in [0.25, 0.3) is 11.1 Å². The number of aromatic nitrogens is 2. The Labute approximate surface area is 161 Å². The molecule has 2 N–H and O–H groups in total. The van der Waals surface area contributed by atoms with Crippen molar-refractivity contribution in [2.24, 2.45) is 23.2 Å². The second-order valence-electron chi connectivity index (χ2n) is 10.0. The van der Waals surface area contributed by atoms with Crippen molar-refractivity contribution in [2.45, 2.75) is 40.0 Å². The minimum Gasteiger partial charge on any atom is -0.455 e. The third-order valence-corrected chi connectivity index (χ3v) is 7.08. The molecule has 2 saturated heterocycles. The molecule has 2 fully saturated rings. The molecular weight excluding hydrogens is 338 g/mol. The molecule has 2 aliphatic heterocycles. The molecule has 0 amide bonds. The van der Waals surface area contributed by atoms with E-state index in [0.717, 1.165) is 60.4 Å². The fraction of sp³-hybridized carbons (Fsp3) is 0.714. The first-order chi connectivity index (χ1) is 12.8. The van der Waals surface area contributed by atoms with E-state index in [1.165, 1.54) is 25.1 Å². The van der Waals surface area contributed by atoms with Crippen LogP contribution in [0.5, 0.6) is 0 Å². The molecule has 2 aromatic heterocycles. The van der Waals surface area contributed by atoms with Gasteiger partial charge in [0.1, 0.15) is 11.3 Å². The van der Waals surface area contributed by atoms with Gasteiger partial charge in [0.2, 0.25) is 5.95 Å². The highest BCUT2D eigenvalue weighted by atomic mass is 16.3. The van der Waals surface area contributed by atoms with Crippen molar-refractivity contribution in [3.63, 3.8) is 0 Å². The predicted molar refractivity (Wildman–Crippen MR) is 108 cm³/mol. The zero-order valence-electron chi connectivity index (χ0n) is 17.0. The lowest BCUT2D eigenvalue weighted by molar-refractivity contribution is 0.210. The van der Waals surface area contributed by atoms with Crippen molar-refractivity contribution in [1.29, 1.82) is 0 Å². The van der Waals surface area contributed by atoms with Crippen LogP contribution in [-0.4, -0.2) is 48.1 Å². The van der Waals surface area contributed by atoms with E-state index in [1.807, 2.05) is 0 Å². The van der Waals surface area contributed by atoms with E-state index in [9.17, 15) is 0 Å². The maximum Gasteiger partial charge on any atom is 0.222 e. The first-order valence-electron chi connectivity index (χ1n) is 10.3. The van der Waals surface area contributed by atoms with E-state index in [0.29, 0.717) is 17.3 Å². The Morgan fingerprint density at radius 1 is 1.07 bits per heavy atom. The Morgan fingerprint density at radius 2 is 1.78 bits per heavy atom. The largest absolute Gasteiger partial charge is 0.455 e. The van der Waals surface area contributed by atoms with Gasteiger partial charge >= 0.3 is 0 Å². The Bertz CT molecular complexity index is 869. The molecular formula is C21H31N5O. The average molecular weight is 370 g/mol. The van der Waals surface area contributed by atoms with Crippen LogP contribution in [0.4, 0.5) is 11.8 Å². The molecule has 0 spiro atoms. The number of nitrogens with zero attached hydrogens (tertiary/aromatic N) is 4. The quantitative estimate of drug-likeness (QED) is 0.833. The van der Waals surface area contributed by atoms with E-state index in [-0.39, 0.29) is 0 Å². The summed E-state index contributed by atoms with van der Waals surface area (Å²) in [5, 5.41) is 0. The number of rotatable bonds is 1. The van der Waals surface area contributed by atoms with Crippen LogP contribution in [-0.2, 0) is 12.8 Å². The molecule has 27 heavy (non-hydrogen) atoms. The number of aryl methyl sites for hydroxylation is 1. The van der Waals surface area contributed by atoms with Crippen LogP contribution < -0.4 is 10.6 Å². The van der Waals surface area contributed by atoms with Crippen LogP contribution in [0, 0.1) is 23.2 Å². The Morgan fingerprint density at radius 3 is 2.44 bits per heavy atom. The van der Waals surface area contributed by atoms with Crippen LogP contribution >= 0.6 is 0 Å². The van der Waals surface area contributed by atoms with Gasteiger partial charge in [-0.15, -0.1) is 0 Å². The fourth-order valence-electron chi connectivity index (χ4n) is 5.49. The highest BCUT2D eigenvalue weighted by Gasteiger charge is 2.41. The first kappa shape index (κ1) is 17.3. The predicted octanol–water partition coefficient (Wildman–Crippen LogP) is 2.95. The number of fused-ring (bicyclic) bond motifs is 4. The van der Waals surface area contributed by atoms with Crippen LogP contribution in [0.3, 0.4) is 0 Å². The molecule has 0 radical (unpaired) electrons. The average Bonchev–Trinajstić information content (AvgIpc) is 3.23. The molecule has 3 aliphatic rings. The number of furan rings is 1. The van der Waals surface area contributed by atoms with E-state index in [2.05, 4.69) is 47.6 Å². The molecule has 3 atom stereocenters. The molecule has 6 heteroatoms. The summed E-state index contributed by atoms with van der Waals surface area (Å²) in [4.78, 5) is 14.1. The molecule has 6 nitrogen and oxygen atoms in total. The number of nitrogen functional groups attached to an aromatic ring is 1. The van der Waals surface area contributed by atoms with Crippen molar-refractivity contribution in [2.75, 3.05) is 43.9 Å². The van der Waals surface area contributed by atoms with Crippen molar-refractivity contribution in [3.8, 4) is 0 Å². The topological polar surface area (TPSA) is 71.4 Å². The second kappa shape index (κ2) is 5.84. The van der Waals surface area contributed by atoms with Gasteiger partial charge in [0.05, 0.1) is 0 Å². The summed E-state index contributed by atoms with van der Waals surface area (Å²) in [7, 11) is 2.22. The van der Waals surface area contributed by atoms with Gasteiger partial charge in [0.15, 0.2) is 11.4 Å². The number of likely N-dealkylation sites (tertiary alicyclic amines) is 1. The van der Waals surface area contributed by atoms with Gasteiger partial charge in [-0.1, -0.05) is 20.8 Å². The number of anilines is 2. The lowest BCUT2D eigenvalue weighted by Gasteiger charge is -2.33. The highest BCUT2D eigenvalue weighted by molar-refractivity contribution is 5.89. The normalized spacial score (nSPS) is 28.7. The van der Waals surface area contributed by atoms with Gasteiger partial charge in [-0.2, -0.15) is 4.98 Å². The molecule has 3 unspecified atom stereocenters. The van der Waals surface area contributed by atoms with E-state index in [4.69, 9.17) is 10.2 Å². The lowest BCUT2D eigenvalue weighted by Crippen LogP contribution is -2.27. The summed E-state index contributed by atoms with van der Waals surface area (Å²) >= 11 is 0. The lowest BCUT2D eigenvalue weighted by atomic mass is 9.72. The van der Waals surface area contributed by atoms with Gasteiger partial charge in [-0.25, -0.2) is 4.98 Å². The van der Waals surface area contributed by atoms with Crippen molar-refractivity contribution < 1.29 is 4.42 Å². The minimum absolute atomic E-state index is 0.293. The summed E-state index contributed by atoms with van der Waals surface area (Å²) in [5.74, 6) is 4.47. The molecule has 146 valence electrons. The van der Waals surface area contributed by atoms with Crippen molar-refractivity contribution >= 4 is 22.9 Å². The number of hydrogen-bond acceptors (Lipinski definition) is 6. The maximum absolute atomic E-state index is 6.36. The second-order valence-corrected chi connectivity index (χ2v) is 10.0. The fourth-order valence-corrected chi connectivity index (χ4v) is 5.49. The van der Waals surface area contributed by atoms with E-state index >= 15 is 0 Å². The summed E-state index contributed by atoms with van der Waals surface area (Å²) in [6.45, 7) is 11.4. The number of nitrogens with two attached hydrogens (primary N) is 1. The summed E-state index contributed by atoms with van der Waals surface area (Å²) in [6.07, 6.45) is 3.19. The van der Waals surface area contributed by atoms with Gasteiger partial charge < -0.3 is 20.0 Å². The molecule has 0 aromatic carbocycles. The first-order valence-corrected chi connectivity index (χ1v) is 10.3. The Hall–Kier alpha value is -1.82. The minimum atomic E-state index is 0.293. The standard InChI is InChI=1S/C21H31N5O/c1-21(2,3)14-5-6-16-15(7-14)17-18(27-16)19(24-20(22)23-17)26-10-12-8-25(4)9-13(12)11-26/h12-14H,5-11H2,1-4H3,(H2,22,23,24). The van der Waals surface area contributed by atoms with E-state index < -0.39 is 0 Å². The van der Waals surface area contributed by atoms with Gasteiger partial charge in [0.25, 0.3) is 0 Å². The van der Waals surface area contributed by atoms with Gasteiger partial charge in [-0.05, 0) is 43.1 Å². The maximum atomic E-state index is 6.36. The summed E-state index contributed by atoms with van der Waals surface area (Å²) in [5.41, 5.74) is 9.52. The Kier molecular flexibility index (Phi) is 3.74. The van der Waals surface area contributed by atoms with Crippen LogP contribution in [0.1, 0.15) is 38.5 Å². The zero-order valence-corrected chi connectivity index (χ0v) is 17.0. The summed E-state index contributed by atoms with van der Waals surface area (Å²) < 4.78 is 6.36. The van der Waals surface area contributed by atoms with Gasteiger partial charge in [-0.3, -0.25) is 0 Å². The number of hydrogen-bond donors (Lipinski definition) is 1. The van der Waals surface area contributed by atoms with Gasteiger partial charge in [0, 0.05) is 38.2 Å². The molecule has 1 aliphatic carbocycles. The van der Waals surface area contributed by atoms with Crippen molar-refractivity contribution in [3.05, 3.63) is 11.3 Å². The monoisotopic (exact) mass is 369 g/mol. The Balaban J connectivity index is 1.53. The third kappa shape index (κ3) is 2.80. The molecule has 4 heterocycles. The van der Waals surface area contributed by atoms with Crippen LogP contribution in [0.15, 0.2) is 4.42 Å². The highest BCUT2D eigenvalue weighted by Crippen LogP contribution is 2.43. The van der Waals surface area contributed by atoms with Crippen molar-refractivity contribution in [1.82, 2.24) is 14.9 Å². The SMILES string of the molecule is CN1CC2CN(c3nc(N)nc4c5c(oc34)CCC(C(C)(C)C)C5)CC2C1. The summed E-state index contributed by atoms with van der Waals surface area (Å²) in [6, 6.07) is 0. The van der Waals surface area contributed by atoms with E-state index in [1.54, 1.807) is 0 Å².